The molecule has 1 aliphatic rings. The van der Waals surface area contributed by atoms with Gasteiger partial charge in [0.1, 0.15) is 6.29 Å². The number of hydrogen-bond donors (Lipinski definition) is 1. The van der Waals surface area contributed by atoms with Crippen LogP contribution in [0.2, 0.25) is 0 Å². The first-order valence-electron chi connectivity index (χ1n) is 3.64. The van der Waals surface area contributed by atoms with Gasteiger partial charge >= 0.3 is 6.18 Å². The molecule has 1 aliphatic carbocycles. The SMILES string of the molecule is NC1=C(C(F)(F)F)C=CC(C=O)C1. The zero-order chi connectivity index (χ0) is 10.1. The predicted octanol–water partition coefficient (Wildman–Crippen LogP) is 1.54. The highest BCUT2D eigenvalue weighted by Gasteiger charge is 2.35. The minimum Gasteiger partial charge on any atom is -0.402 e. The molecule has 0 bridgehead atoms. The van der Waals surface area contributed by atoms with Gasteiger partial charge < -0.3 is 10.5 Å². The largest absolute Gasteiger partial charge is 0.418 e. The van der Waals surface area contributed by atoms with Crippen LogP contribution < -0.4 is 5.73 Å². The minimum atomic E-state index is -4.42. The van der Waals surface area contributed by atoms with E-state index in [0.717, 1.165) is 6.08 Å². The van der Waals surface area contributed by atoms with Gasteiger partial charge in [0.2, 0.25) is 0 Å². The fraction of sp³-hybridized carbons (Fsp3) is 0.375. The number of carbonyl (C=O) groups is 1. The lowest BCUT2D eigenvalue weighted by Crippen LogP contribution is -2.21. The first-order valence-corrected chi connectivity index (χ1v) is 3.64. The Kier molecular flexibility index (Phi) is 2.45. The van der Waals surface area contributed by atoms with E-state index in [1.54, 1.807) is 0 Å². The first kappa shape index (κ1) is 9.83. The van der Waals surface area contributed by atoms with Crippen molar-refractivity contribution >= 4 is 6.29 Å². The molecule has 13 heavy (non-hydrogen) atoms. The van der Waals surface area contributed by atoms with Gasteiger partial charge in [0.15, 0.2) is 0 Å². The van der Waals surface area contributed by atoms with E-state index < -0.39 is 17.7 Å². The molecule has 0 aromatic carbocycles. The zero-order valence-electron chi connectivity index (χ0n) is 6.64. The van der Waals surface area contributed by atoms with Crippen LogP contribution in [0.25, 0.3) is 0 Å². The Hall–Kier alpha value is -1.26. The van der Waals surface area contributed by atoms with E-state index in [1.165, 1.54) is 6.08 Å². The van der Waals surface area contributed by atoms with Crippen molar-refractivity contribution in [1.82, 2.24) is 0 Å². The summed E-state index contributed by atoms with van der Waals surface area (Å²) in [6.45, 7) is 0. The average molecular weight is 191 g/mol. The summed E-state index contributed by atoms with van der Waals surface area (Å²) in [6.07, 6.45) is -1.82. The number of allylic oxidation sites excluding steroid dienone is 4. The van der Waals surface area contributed by atoms with Crippen LogP contribution in [0, 0.1) is 5.92 Å². The summed E-state index contributed by atoms with van der Waals surface area (Å²) in [5, 5.41) is 0. The molecular formula is C8H8F3NO. The standard InChI is InChI=1S/C8H8F3NO/c9-8(10,11)6-2-1-5(4-13)3-7(6)12/h1-2,4-5H,3,12H2. The quantitative estimate of drug-likeness (QED) is 0.639. The molecule has 0 spiro atoms. The van der Waals surface area contributed by atoms with Gasteiger partial charge in [-0.05, 0) is 0 Å². The Morgan fingerprint density at radius 3 is 2.54 bits per heavy atom. The van der Waals surface area contributed by atoms with Crippen LogP contribution in [0.3, 0.4) is 0 Å². The normalized spacial score (nSPS) is 23.5. The molecule has 2 nitrogen and oxygen atoms in total. The molecule has 0 radical (unpaired) electrons. The summed E-state index contributed by atoms with van der Waals surface area (Å²) >= 11 is 0. The van der Waals surface area contributed by atoms with E-state index >= 15 is 0 Å². The van der Waals surface area contributed by atoms with Crippen LogP contribution in [-0.4, -0.2) is 12.5 Å². The topological polar surface area (TPSA) is 43.1 Å². The monoisotopic (exact) mass is 191 g/mol. The van der Waals surface area contributed by atoms with Crippen molar-refractivity contribution in [1.29, 1.82) is 0 Å². The maximum atomic E-state index is 12.1. The molecule has 0 aliphatic heterocycles. The van der Waals surface area contributed by atoms with Gasteiger partial charge in [0.25, 0.3) is 0 Å². The number of nitrogens with two attached hydrogens (primary N) is 1. The smallest absolute Gasteiger partial charge is 0.402 e. The van der Waals surface area contributed by atoms with Gasteiger partial charge in [-0.1, -0.05) is 12.2 Å². The van der Waals surface area contributed by atoms with Crippen molar-refractivity contribution in [3.8, 4) is 0 Å². The molecule has 0 aromatic heterocycles. The predicted molar refractivity (Wildman–Crippen MR) is 40.6 cm³/mol. The van der Waals surface area contributed by atoms with Crippen LogP contribution in [0.4, 0.5) is 13.2 Å². The van der Waals surface area contributed by atoms with Crippen molar-refractivity contribution in [3.63, 3.8) is 0 Å². The molecule has 0 saturated heterocycles. The van der Waals surface area contributed by atoms with Gasteiger partial charge in [0, 0.05) is 18.0 Å². The van der Waals surface area contributed by atoms with Crippen LogP contribution in [0.1, 0.15) is 6.42 Å². The Bertz CT molecular complexity index is 278. The first-order chi connectivity index (χ1) is 5.95. The number of hydrogen-bond acceptors (Lipinski definition) is 2. The second kappa shape index (κ2) is 3.24. The Balaban J connectivity index is 2.91. The summed E-state index contributed by atoms with van der Waals surface area (Å²) in [4.78, 5) is 10.3. The molecular weight excluding hydrogens is 183 g/mol. The number of rotatable bonds is 1. The lowest BCUT2D eigenvalue weighted by atomic mass is 9.95. The number of aldehydes is 1. The summed E-state index contributed by atoms with van der Waals surface area (Å²) in [5.41, 5.74) is 4.07. The fourth-order valence-electron chi connectivity index (χ4n) is 1.13. The molecule has 1 unspecified atom stereocenters. The Morgan fingerprint density at radius 1 is 1.54 bits per heavy atom. The Labute approximate surface area is 72.9 Å². The maximum absolute atomic E-state index is 12.1. The van der Waals surface area contributed by atoms with E-state index in [2.05, 4.69) is 0 Å². The highest BCUT2D eigenvalue weighted by molar-refractivity contribution is 5.59. The zero-order valence-corrected chi connectivity index (χ0v) is 6.64. The summed E-state index contributed by atoms with van der Waals surface area (Å²) in [7, 11) is 0. The lowest BCUT2D eigenvalue weighted by molar-refractivity contribution is -0.110. The van der Waals surface area contributed by atoms with Crippen molar-refractivity contribution < 1.29 is 18.0 Å². The number of halogens is 3. The minimum absolute atomic E-state index is 0.0468. The van der Waals surface area contributed by atoms with Crippen molar-refractivity contribution in [3.05, 3.63) is 23.4 Å². The molecule has 72 valence electrons. The molecule has 0 aromatic rings. The van der Waals surface area contributed by atoms with Gasteiger partial charge in [-0.25, -0.2) is 0 Å². The van der Waals surface area contributed by atoms with E-state index in [4.69, 9.17) is 5.73 Å². The second-order valence-corrected chi connectivity index (χ2v) is 2.80. The van der Waals surface area contributed by atoms with Crippen molar-refractivity contribution in [2.24, 2.45) is 11.7 Å². The summed E-state index contributed by atoms with van der Waals surface area (Å²) < 4.78 is 36.4. The van der Waals surface area contributed by atoms with Crippen molar-refractivity contribution in [2.45, 2.75) is 12.6 Å². The summed E-state index contributed by atoms with van der Waals surface area (Å²) in [6, 6.07) is 0. The van der Waals surface area contributed by atoms with Gasteiger partial charge in [-0.2, -0.15) is 13.2 Å². The average Bonchev–Trinajstić information content (AvgIpc) is 2.01. The molecule has 5 heteroatoms. The highest BCUT2D eigenvalue weighted by atomic mass is 19.4. The number of carbonyl (C=O) groups excluding carboxylic acids is 1. The van der Waals surface area contributed by atoms with Crippen LogP contribution in [0.15, 0.2) is 23.4 Å². The molecule has 0 amide bonds. The summed E-state index contributed by atoms with van der Waals surface area (Å²) in [5.74, 6) is -0.522. The number of alkyl halides is 3. The molecule has 2 N–H and O–H groups in total. The third-order valence-corrected chi connectivity index (χ3v) is 1.79. The van der Waals surface area contributed by atoms with E-state index in [9.17, 15) is 18.0 Å². The van der Waals surface area contributed by atoms with Gasteiger partial charge in [-0.15, -0.1) is 0 Å². The Morgan fingerprint density at radius 2 is 2.15 bits per heavy atom. The highest BCUT2D eigenvalue weighted by Crippen LogP contribution is 2.32. The van der Waals surface area contributed by atoms with Gasteiger partial charge in [0.05, 0.1) is 5.57 Å². The van der Waals surface area contributed by atoms with E-state index in [1.807, 2.05) is 0 Å². The molecule has 1 atom stereocenters. The molecule has 0 fully saturated rings. The third kappa shape index (κ3) is 2.11. The van der Waals surface area contributed by atoms with E-state index in [0.29, 0.717) is 6.29 Å². The van der Waals surface area contributed by atoms with Gasteiger partial charge in [-0.3, -0.25) is 0 Å². The fourth-order valence-corrected chi connectivity index (χ4v) is 1.13. The lowest BCUT2D eigenvalue weighted by Gasteiger charge is -2.17. The molecule has 0 heterocycles. The van der Waals surface area contributed by atoms with Crippen LogP contribution in [0.5, 0.6) is 0 Å². The molecule has 1 rings (SSSR count). The maximum Gasteiger partial charge on any atom is 0.418 e. The van der Waals surface area contributed by atoms with E-state index in [-0.39, 0.29) is 12.1 Å². The van der Waals surface area contributed by atoms with Crippen LogP contribution >= 0.6 is 0 Å². The van der Waals surface area contributed by atoms with Crippen LogP contribution in [-0.2, 0) is 4.79 Å². The van der Waals surface area contributed by atoms with Crippen molar-refractivity contribution in [2.75, 3.05) is 0 Å². The second-order valence-electron chi connectivity index (χ2n) is 2.80. The third-order valence-electron chi connectivity index (χ3n) is 1.79. The molecule has 0 saturated carbocycles.